The number of aliphatic hydroxyl groups is 2. The van der Waals surface area contributed by atoms with Crippen LogP contribution in [0.4, 0.5) is 5.82 Å². The second-order valence-corrected chi connectivity index (χ2v) is 4.18. The van der Waals surface area contributed by atoms with Gasteiger partial charge in [0.1, 0.15) is 5.82 Å². The summed E-state index contributed by atoms with van der Waals surface area (Å²) in [4.78, 5) is 6.25. The second-order valence-electron chi connectivity index (χ2n) is 4.18. The quantitative estimate of drug-likeness (QED) is 0.792. The Balaban J connectivity index is 2.59. The zero-order valence-corrected chi connectivity index (χ0v) is 10.1. The van der Waals surface area contributed by atoms with Gasteiger partial charge < -0.3 is 15.1 Å². The van der Waals surface area contributed by atoms with Gasteiger partial charge in [-0.15, -0.1) is 0 Å². The summed E-state index contributed by atoms with van der Waals surface area (Å²) >= 11 is 0. The van der Waals surface area contributed by atoms with Gasteiger partial charge in [-0.1, -0.05) is 6.07 Å². The first kappa shape index (κ1) is 12.9. The normalized spacial score (nSPS) is 14.6. The highest BCUT2D eigenvalue weighted by Crippen LogP contribution is 2.15. The van der Waals surface area contributed by atoms with Crippen molar-refractivity contribution in [2.45, 2.75) is 32.5 Å². The molecule has 2 N–H and O–H groups in total. The minimum absolute atomic E-state index is 0.292. The van der Waals surface area contributed by atoms with Crippen LogP contribution in [0.3, 0.4) is 0 Å². The van der Waals surface area contributed by atoms with Crippen molar-refractivity contribution in [3.8, 4) is 0 Å². The number of rotatable bonds is 5. The summed E-state index contributed by atoms with van der Waals surface area (Å²) in [6, 6.07) is 3.75. The number of aliphatic hydroxyl groups excluding tert-OH is 2. The Kier molecular flexibility index (Phi) is 4.71. The van der Waals surface area contributed by atoms with Gasteiger partial charge in [-0.2, -0.15) is 0 Å². The molecule has 4 nitrogen and oxygen atoms in total. The summed E-state index contributed by atoms with van der Waals surface area (Å²) in [5, 5.41) is 18.5. The van der Waals surface area contributed by atoms with E-state index in [-0.39, 0.29) is 6.10 Å². The van der Waals surface area contributed by atoms with Crippen molar-refractivity contribution in [2.75, 3.05) is 18.5 Å². The molecule has 0 fully saturated rings. The molecule has 1 aromatic rings. The topological polar surface area (TPSA) is 56.6 Å². The number of hydrogen-bond acceptors (Lipinski definition) is 4. The summed E-state index contributed by atoms with van der Waals surface area (Å²) < 4.78 is 0. The Morgan fingerprint density at radius 1 is 1.31 bits per heavy atom. The molecule has 1 heterocycles. The van der Waals surface area contributed by atoms with Crippen LogP contribution in [0, 0.1) is 0 Å². The van der Waals surface area contributed by atoms with Gasteiger partial charge in [-0.25, -0.2) is 4.98 Å². The fraction of sp³-hybridized carbons (Fsp3) is 0.583. The average molecular weight is 224 g/mol. The molecule has 1 aromatic heterocycles. The molecule has 0 aliphatic heterocycles. The van der Waals surface area contributed by atoms with Crippen LogP contribution in [0.2, 0.25) is 0 Å². The molecule has 0 aromatic carbocycles. The molecule has 2 atom stereocenters. The number of nitrogens with zero attached hydrogens (tertiary/aromatic N) is 2. The molecule has 0 aliphatic rings. The molecule has 0 aliphatic carbocycles. The first-order valence-electron chi connectivity index (χ1n) is 5.54. The molecule has 90 valence electrons. The lowest BCUT2D eigenvalue weighted by atomic mass is 10.2. The summed E-state index contributed by atoms with van der Waals surface area (Å²) in [7, 11) is 1.94. The van der Waals surface area contributed by atoms with Crippen LogP contribution >= 0.6 is 0 Å². The van der Waals surface area contributed by atoms with Gasteiger partial charge in [0.15, 0.2) is 0 Å². The predicted octanol–water partition coefficient (Wildman–Crippen LogP) is 1.34. The van der Waals surface area contributed by atoms with Crippen LogP contribution in [0.1, 0.15) is 31.9 Å². The summed E-state index contributed by atoms with van der Waals surface area (Å²) in [5.74, 6) is 0.852. The van der Waals surface area contributed by atoms with E-state index >= 15 is 0 Å². The van der Waals surface area contributed by atoms with E-state index in [0.29, 0.717) is 0 Å². The molecule has 0 spiro atoms. The van der Waals surface area contributed by atoms with E-state index in [0.717, 1.165) is 24.3 Å². The van der Waals surface area contributed by atoms with Crippen molar-refractivity contribution in [2.24, 2.45) is 0 Å². The van der Waals surface area contributed by atoms with Crippen LogP contribution in [-0.4, -0.2) is 34.9 Å². The molecule has 1 rings (SSSR count). The van der Waals surface area contributed by atoms with Gasteiger partial charge in [-0.3, -0.25) is 0 Å². The maximum Gasteiger partial charge on any atom is 0.128 e. The minimum atomic E-state index is -0.482. The first-order valence-corrected chi connectivity index (χ1v) is 5.54. The summed E-state index contributed by atoms with van der Waals surface area (Å²) in [6.07, 6.45) is 1.62. The summed E-state index contributed by atoms with van der Waals surface area (Å²) in [6.45, 7) is 4.25. The molecule has 4 heteroatoms. The predicted molar refractivity (Wildman–Crippen MR) is 64.4 cm³/mol. The number of anilines is 1. The number of hydrogen-bond donors (Lipinski definition) is 2. The Hall–Kier alpha value is -1.13. The molecular weight excluding hydrogens is 204 g/mol. The lowest BCUT2D eigenvalue weighted by molar-refractivity contribution is 0.187. The second kappa shape index (κ2) is 5.82. The van der Waals surface area contributed by atoms with Crippen molar-refractivity contribution in [1.82, 2.24) is 4.98 Å². The molecule has 0 saturated heterocycles. The number of pyridine rings is 1. The van der Waals surface area contributed by atoms with E-state index < -0.39 is 6.10 Å². The van der Waals surface area contributed by atoms with Crippen LogP contribution in [0.5, 0.6) is 0 Å². The maximum atomic E-state index is 9.34. The molecule has 0 radical (unpaired) electrons. The largest absolute Gasteiger partial charge is 0.393 e. The Morgan fingerprint density at radius 2 is 2.00 bits per heavy atom. The fourth-order valence-corrected chi connectivity index (χ4v) is 1.37. The Labute approximate surface area is 96.6 Å². The molecule has 0 saturated carbocycles. The van der Waals surface area contributed by atoms with Crippen molar-refractivity contribution in [1.29, 1.82) is 0 Å². The van der Waals surface area contributed by atoms with Crippen LogP contribution in [-0.2, 0) is 0 Å². The zero-order chi connectivity index (χ0) is 12.1. The standard InChI is InChI=1S/C12H20N2O2/c1-9(15)6-7-14(3)12-5-4-11(8-13-12)10(2)16/h4-5,8-10,15-16H,6-7H2,1-3H3/t9?,10-/m1/s1. The smallest absolute Gasteiger partial charge is 0.128 e. The highest BCUT2D eigenvalue weighted by atomic mass is 16.3. The van der Waals surface area contributed by atoms with Crippen molar-refractivity contribution < 1.29 is 10.2 Å². The zero-order valence-electron chi connectivity index (χ0n) is 10.1. The van der Waals surface area contributed by atoms with E-state index in [1.54, 1.807) is 20.0 Å². The minimum Gasteiger partial charge on any atom is -0.393 e. The van der Waals surface area contributed by atoms with Gasteiger partial charge in [0, 0.05) is 19.8 Å². The lowest BCUT2D eigenvalue weighted by Crippen LogP contribution is -2.22. The molecule has 16 heavy (non-hydrogen) atoms. The van der Waals surface area contributed by atoms with E-state index in [1.807, 2.05) is 24.1 Å². The van der Waals surface area contributed by atoms with E-state index in [4.69, 9.17) is 0 Å². The Bertz CT molecular complexity index is 309. The molecule has 0 amide bonds. The van der Waals surface area contributed by atoms with Crippen molar-refractivity contribution >= 4 is 5.82 Å². The van der Waals surface area contributed by atoms with E-state index in [2.05, 4.69) is 4.98 Å². The van der Waals surface area contributed by atoms with Crippen LogP contribution in [0.25, 0.3) is 0 Å². The molecular formula is C12H20N2O2. The van der Waals surface area contributed by atoms with E-state index in [9.17, 15) is 10.2 Å². The van der Waals surface area contributed by atoms with Gasteiger partial charge >= 0.3 is 0 Å². The maximum absolute atomic E-state index is 9.34. The van der Waals surface area contributed by atoms with Crippen LogP contribution < -0.4 is 4.90 Å². The molecule has 0 bridgehead atoms. The third-order valence-corrected chi connectivity index (χ3v) is 2.53. The average Bonchev–Trinajstić information content (AvgIpc) is 2.26. The summed E-state index contributed by atoms with van der Waals surface area (Å²) in [5.41, 5.74) is 0.813. The Morgan fingerprint density at radius 3 is 2.44 bits per heavy atom. The highest BCUT2D eigenvalue weighted by molar-refractivity contribution is 5.38. The van der Waals surface area contributed by atoms with Gasteiger partial charge in [-0.05, 0) is 31.9 Å². The fourth-order valence-electron chi connectivity index (χ4n) is 1.37. The van der Waals surface area contributed by atoms with Gasteiger partial charge in [0.25, 0.3) is 0 Å². The van der Waals surface area contributed by atoms with Crippen molar-refractivity contribution in [3.63, 3.8) is 0 Å². The van der Waals surface area contributed by atoms with Gasteiger partial charge in [0.05, 0.1) is 12.2 Å². The number of aromatic nitrogens is 1. The third kappa shape index (κ3) is 3.79. The van der Waals surface area contributed by atoms with E-state index in [1.165, 1.54) is 0 Å². The van der Waals surface area contributed by atoms with Gasteiger partial charge in [0.2, 0.25) is 0 Å². The SMILES string of the molecule is CC(O)CCN(C)c1ccc([C@@H](C)O)cn1. The third-order valence-electron chi connectivity index (χ3n) is 2.53. The van der Waals surface area contributed by atoms with Crippen LogP contribution in [0.15, 0.2) is 18.3 Å². The lowest BCUT2D eigenvalue weighted by Gasteiger charge is -2.19. The first-order chi connectivity index (χ1) is 7.50. The molecule has 1 unspecified atom stereocenters. The van der Waals surface area contributed by atoms with Crippen molar-refractivity contribution in [3.05, 3.63) is 23.9 Å². The monoisotopic (exact) mass is 224 g/mol. The highest BCUT2D eigenvalue weighted by Gasteiger charge is 2.06.